The van der Waals surface area contributed by atoms with Crippen molar-refractivity contribution in [2.24, 2.45) is 0 Å². The minimum atomic E-state index is -0.446. The van der Waals surface area contributed by atoms with E-state index in [-0.39, 0.29) is 18.0 Å². The quantitative estimate of drug-likeness (QED) is 0.461. The van der Waals surface area contributed by atoms with E-state index in [2.05, 4.69) is 4.98 Å². The molecule has 0 unspecified atom stereocenters. The molecule has 0 aliphatic heterocycles. The van der Waals surface area contributed by atoms with Crippen LogP contribution in [0.25, 0.3) is 0 Å². The van der Waals surface area contributed by atoms with Gasteiger partial charge in [-0.3, -0.25) is 19.9 Å². The van der Waals surface area contributed by atoms with Gasteiger partial charge in [-0.25, -0.2) is 0 Å². The lowest BCUT2D eigenvalue weighted by molar-refractivity contribution is -0.384. The molecule has 0 bridgehead atoms. The van der Waals surface area contributed by atoms with Gasteiger partial charge < -0.3 is 4.90 Å². The number of rotatable bonds is 7. The zero-order valence-corrected chi connectivity index (χ0v) is 15.6. The van der Waals surface area contributed by atoms with Crippen LogP contribution in [-0.4, -0.2) is 20.7 Å². The molecule has 142 valence electrons. The summed E-state index contributed by atoms with van der Waals surface area (Å²) in [4.78, 5) is 29.3. The Balaban J connectivity index is 1.79. The van der Waals surface area contributed by atoms with E-state index in [1.807, 2.05) is 43.3 Å². The SMILES string of the molecule is Cc1ccccc1CN(Cc1cccnc1)C(=O)Cc1ccc([N+](=O)[O-])cc1. The van der Waals surface area contributed by atoms with E-state index < -0.39 is 4.92 Å². The first-order valence-corrected chi connectivity index (χ1v) is 8.97. The van der Waals surface area contributed by atoms with Crippen LogP contribution in [0, 0.1) is 17.0 Å². The van der Waals surface area contributed by atoms with Crippen LogP contribution in [0.15, 0.2) is 73.1 Å². The standard InChI is InChI=1S/C22H21N3O3/c1-17-5-2-3-7-20(17)16-24(15-19-6-4-12-23-14-19)22(26)13-18-8-10-21(11-9-18)25(27)28/h2-12,14H,13,15-16H2,1H3. The van der Waals surface area contributed by atoms with Crippen LogP contribution in [0.1, 0.15) is 22.3 Å². The first-order chi connectivity index (χ1) is 13.5. The Labute approximate surface area is 163 Å². The normalized spacial score (nSPS) is 10.5. The van der Waals surface area contributed by atoms with Gasteiger partial charge in [-0.1, -0.05) is 42.5 Å². The molecule has 28 heavy (non-hydrogen) atoms. The van der Waals surface area contributed by atoms with Crippen LogP contribution >= 0.6 is 0 Å². The number of benzene rings is 2. The van der Waals surface area contributed by atoms with Crippen molar-refractivity contribution in [3.63, 3.8) is 0 Å². The highest BCUT2D eigenvalue weighted by molar-refractivity contribution is 5.79. The van der Waals surface area contributed by atoms with Gasteiger partial charge in [0.15, 0.2) is 0 Å². The van der Waals surface area contributed by atoms with Gasteiger partial charge in [0, 0.05) is 37.6 Å². The second-order valence-corrected chi connectivity index (χ2v) is 6.64. The highest BCUT2D eigenvalue weighted by Crippen LogP contribution is 2.17. The number of hydrogen-bond donors (Lipinski definition) is 0. The Bertz CT molecular complexity index is 956. The largest absolute Gasteiger partial charge is 0.334 e. The van der Waals surface area contributed by atoms with E-state index in [1.54, 1.807) is 29.4 Å². The van der Waals surface area contributed by atoms with Crippen molar-refractivity contribution in [1.29, 1.82) is 0 Å². The lowest BCUT2D eigenvalue weighted by Crippen LogP contribution is -2.31. The third-order valence-electron chi connectivity index (χ3n) is 4.57. The molecule has 0 saturated carbocycles. The molecule has 1 amide bonds. The van der Waals surface area contributed by atoms with Gasteiger partial charge in [0.1, 0.15) is 0 Å². The number of nitrogens with zero attached hydrogens (tertiary/aromatic N) is 3. The van der Waals surface area contributed by atoms with Gasteiger partial charge in [-0.15, -0.1) is 0 Å². The highest BCUT2D eigenvalue weighted by atomic mass is 16.6. The summed E-state index contributed by atoms with van der Waals surface area (Å²) in [5.74, 6) is -0.0408. The zero-order valence-electron chi connectivity index (χ0n) is 15.6. The van der Waals surface area contributed by atoms with Crippen LogP contribution in [0.3, 0.4) is 0 Å². The minimum Gasteiger partial charge on any atom is -0.334 e. The number of aromatic nitrogens is 1. The second-order valence-electron chi connectivity index (χ2n) is 6.64. The number of nitro groups is 1. The fourth-order valence-corrected chi connectivity index (χ4v) is 2.96. The van der Waals surface area contributed by atoms with Gasteiger partial charge in [0.25, 0.3) is 5.69 Å². The Kier molecular flexibility index (Phi) is 6.11. The average molecular weight is 375 g/mol. The molecule has 0 radical (unpaired) electrons. The van der Waals surface area contributed by atoms with Crippen molar-refractivity contribution in [2.75, 3.05) is 0 Å². The Morgan fingerprint density at radius 2 is 1.75 bits per heavy atom. The van der Waals surface area contributed by atoms with Crippen LogP contribution < -0.4 is 0 Å². The Morgan fingerprint density at radius 3 is 2.39 bits per heavy atom. The first-order valence-electron chi connectivity index (χ1n) is 8.97. The lowest BCUT2D eigenvalue weighted by atomic mass is 10.1. The number of hydrogen-bond acceptors (Lipinski definition) is 4. The Hall–Kier alpha value is -3.54. The third-order valence-corrected chi connectivity index (χ3v) is 4.57. The molecule has 1 aromatic heterocycles. The van der Waals surface area contributed by atoms with E-state index >= 15 is 0 Å². The van der Waals surface area contributed by atoms with Crippen molar-refractivity contribution < 1.29 is 9.72 Å². The van der Waals surface area contributed by atoms with Gasteiger partial charge in [-0.2, -0.15) is 0 Å². The number of nitro benzene ring substituents is 1. The molecule has 0 aliphatic rings. The second kappa shape index (κ2) is 8.90. The van der Waals surface area contributed by atoms with Crippen molar-refractivity contribution >= 4 is 11.6 Å². The van der Waals surface area contributed by atoms with E-state index in [9.17, 15) is 14.9 Å². The van der Waals surface area contributed by atoms with Gasteiger partial charge in [0.2, 0.25) is 5.91 Å². The minimum absolute atomic E-state index is 0.0170. The summed E-state index contributed by atoms with van der Waals surface area (Å²) in [6.45, 7) is 2.97. The summed E-state index contributed by atoms with van der Waals surface area (Å²) in [7, 11) is 0. The topological polar surface area (TPSA) is 76.3 Å². The monoisotopic (exact) mass is 375 g/mol. The van der Waals surface area contributed by atoms with Crippen LogP contribution in [0.2, 0.25) is 0 Å². The molecule has 0 atom stereocenters. The molecule has 6 nitrogen and oxygen atoms in total. The summed E-state index contributed by atoms with van der Waals surface area (Å²) in [6.07, 6.45) is 3.64. The molecular formula is C22H21N3O3. The zero-order chi connectivity index (χ0) is 19.9. The Morgan fingerprint density at radius 1 is 1.00 bits per heavy atom. The lowest BCUT2D eigenvalue weighted by Gasteiger charge is -2.24. The van der Waals surface area contributed by atoms with Crippen molar-refractivity contribution in [3.8, 4) is 0 Å². The summed E-state index contributed by atoms with van der Waals surface area (Å²) in [6, 6.07) is 17.9. The molecule has 0 N–H and O–H groups in total. The van der Waals surface area contributed by atoms with E-state index in [1.165, 1.54) is 12.1 Å². The maximum Gasteiger partial charge on any atom is 0.269 e. The third kappa shape index (κ3) is 5.01. The van der Waals surface area contributed by atoms with E-state index in [4.69, 9.17) is 0 Å². The molecule has 2 aromatic carbocycles. The molecule has 1 heterocycles. The molecule has 0 fully saturated rings. The van der Waals surface area contributed by atoms with Crippen LogP contribution in [-0.2, 0) is 24.3 Å². The number of amides is 1. The molecule has 0 saturated heterocycles. The van der Waals surface area contributed by atoms with Crippen LogP contribution in [0.4, 0.5) is 5.69 Å². The van der Waals surface area contributed by atoms with E-state index in [0.717, 1.165) is 22.3 Å². The van der Waals surface area contributed by atoms with Crippen molar-refractivity contribution in [1.82, 2.24) is 9.88 Å². The number of pyridine rings is 1. The molecule has 3 rings (SSSR count). The van der Waals surface area contributed by atoms with Crippen molar-refractivity contribution in [2.45, 2.75) is 26.4 Å². The number of aryl methyl sites for hydroxylation is 1. The smallest absolute Gasteiger partial charge is 0.269 e. The first kappa shape index (κ1) is 19.2. The summed E-state index contributed by atoms with van der Waals surface area (Å²) >= 11 is 0. The van der Waals surface area contributed by atoms with Crippen LogP contribution in [0.5, 0.6) is 0 Å². The summed E-state index contributed by atoms with van der Waals surface area (Å²) in [5.41, 5.74) is 3.93. The maximum absolute atomic E-state index is 13.0. The fraction of sp³-hybridized carbons (Fsp3) is 0.182. The number of carbonyl (C=O) groups is 1. The fourth-order valence-electron chi connectivity index (χ4n) is 2.96. The maximum atomic E-state index is 13.0. The van der Waals surface area contributed by atoms with Gasteiger partial charge in [-0.05, 0) is 35.2 Å². The molecule has 6 heteroatoms. The summed E-state index contributed by atoms with van der Waals surface area (Å²) < 4.78 is 0. The van der Waals surface area contributed by atoms with Crippen molar-refractivity contribution in [3.05, 3.63) is 105 Å². The molecule has 3 aromatic rings. The predicted molar refractivity (Wildman–Crippen MR) is 106 cm³/mol. The molecule has 0 aliphatic carbocycles. The molecular weight excluding hydrogens is 354 g/mol. The predicted octanol–water partition coefficient (Wildman–Crippen LogP) is 4.07. The van der Waals surface area contributed by atoms with E-state index in [0.29, 0.717) is 13.1 Å². The average Bonchev–Trinajstić information content (AvgIpc) is 2.70. The molecule has 0 spiro atoms. The number of carbonyl (C=O) groups excluding carboxylic acids is 1. The van der Waals surface area contributed by atoms with Gasteiger partial charge >= 0.3 is 0 Å². The van der Waals surface area contributed by atoms with Gasteiger partial charge in [0.05, 0.1) is 11.3 Å². The number of non-ortho nitro benzene ring substituents is 1. The highest BCUT2D eigenvalue weighted by Gasteiger charge is 2.17. The summed E-state index contributed by atoms with van der Waals surface area (Å²) in [5, 5.41) is 10.8.